The van der Waals surface area contributed by atoms with E-state index in [0.717, 1.165) is 33.8 Å². The summed E-state index contributed by atoms with van der Waals surface area (Å²) in [6, 6.07) is 75.1. The van der Waals surface area contributed by atoms with Gasteiger partial charge in [-0.3, -0.25) is 9.98 Å². The van der Waals surface area contributed by atoms with Crippen LogP contribution in [0.2, 0.25) is 0 Å². The number of nitrogens with zero attached hydrogens (tertiary/aromatic N) is 3. The first-order valence-corrected chi connectivity index (χ1v) is 21.8. The molecular weight excluding hydrogens is 771 g/mol. The molecule has 296 valence electrons. The smallest absolute Gasteiger partial charge is 0.0726 e. The molecule has 0 saturated carbocycles. The molecule has 9 aromatic carbocycles. The van der Waals surface area contributed by atoms with Gasteiger partial charge in [0.05, 0.1) is 33.7 Å². The number of fused-ring (bicyclic) bond motifs is 10. The third kappa shape index (κ3) is 7.42. The van der Waals surface area contributed by atoms with Crippen molar-refractivity contribution in [3.05, 3.63) is 241 Å². The lowest BCUT2D eigenvalue weighted by molar-refractivity contribution is 1.06. The molecule has 0 aliphatic heterocycles. The molecule has 0 bridgehead atoms. The zero-order valence-electron chi connectivity index (χ0n) is 34.4. The van der Waals surface area contributed by atoms with Gasteiger partial charge in [-0.15, -0.1) is 11.3 Å². The van der Waals surface area contributed by atoms with Crippen molar-refractivity contribution in [2.75, 3.05) is 0 Å². The van der Waals surface area contributed by atoms with Gasteiger partial charge in [0, 0.05) is 37.5 Å². The second kappa shape index (κ2) is 17.1. The van der Waals surface area contributed by atoms with E-state index in [-0.39, 0.29) is 0 Å². The van der Waals surface area contributed by atoms with E-state index in [1.54, 1.807) is 0 Å². The number of hydrogen-bond donors (Lipinski definition) is 0. The maximum Gasteiger partial charge on any atom is 0.0726 e. The maximum atomic E-state index is 5.15. The molecule has 0 saturated heterocycles. The molecule has 0 fully saturated rings. The van der Waals surface area contributed by atoms with Crippen LogP contribution in [0.4, 0.5) is 0 Å². The Morgan fingerprint density at radius 2 is 1.13 bits per heavy atom. The number of aromatic nitrogens is 1. The molecule has 4 heteroatoms. The molecule has 3 nitrogen and oxygen atoms in total. The van der Waals surface area contributed by atoms with Gasteiger partial charge in [-0.05, 0) is 83.1 Å². The largest absolute Gasteiger partial charge is 0.308 e. The third-order valence-electron chi connectivity index (χ3n) is 11.5. The molecule has 2 heterocycles. The fourth-order valence-corrected chi connectivity index (χ4v) is 9.76. The van der Waals surface area contributed by atoms with Crippen LogP contribution >= 0.6 is 11.3 Å². The van der Waals surface area contributed by atoms with Gasteiger partial charge < -0.3 is 4.57 Å². The Labute approximate surface area is 365 Å². The molecule has 0 aliphatic rings. The third-order valence-corrected chi connectivity index (χ3v) is 12.7. The molecule has 0 amide bonds. The summed E-state index contributed by atoms with van der Waals surface area (Å²) in [6.45, 7) is 6.48. The molecule has 11 aromatic rings. The second-order valence-corrected chi connectivity index (χ2v) is 16.5. The summed E-state index contributed by atoms with van der Waals surface area (Å²) in [7, 11) is 0. The number of aliphatic imine (C=N–C) groups is 2. The number of hydrogen-bond acceptors (Lipinski definition) is 3. The number of aryl methyl sites for hydroxylation is 1. The number of benzene rings is 9. The highest BCUT2D eigenvalue weighted by atomic mass is 32.1. The van der Waals surface area contributed by atoms with Gasteiger partial charge in [0.25, 0.3) is 0 Å². The first-order chi connectivity index (χ1) is 30.6. The van der Waals surface area contributed by atoms with Gasteiger partial charge in [0.2, 0.25) is 0 Å². The summed E-state index contributed by atoms with van der Waals surface area (Å²) in [6.07, 6.45) is 2.04. The highest BCUT2D eigenvalue weighted by molar-refractivity contribution is 7.27. The Hall–Kier alpha value is -7.66. The van der Waals surface area contributed by atoms with Crippen molar-refractivity contribution >= 4 is 82.2 Å². The summed E-state index contributed by atoms with van der Waals surface area (Å²) in [5.41, 5.74) is 12.2. The summed E-state index contributed by atoms with van der Waals surface area (Å²) in [5.74, 6) is 0. The highest BCUT2D eigenvalue weighted by Gasteiger charge is 2.22. The van der Waals surface area contributed by atoms with Gasteiger partial charge in [0.15, 0.2) is 0 Å². The molecule has 11 rings (SSSR count). The first-order valence-electron chi connectivity index (χ1n) is 20.9. The first kappa shape index (κ1) is 38.5. The van der Waals surface area contributed by atoms with E-state index in [1.165, 1.54) is 69.4 Å². The average Bonchev–Trinajstić information content (AvgIpc) is 3.90. The Kier molecular flexibility index (Phi) is 10.7. The van der Waals surface area contributed by atoms with E-state index >= 15 is 0 Å². The molecule has 0 unspecified atom stereocenters. The minimum Gasteiger partial charge on any atom is -0.308 e. The molecular formula is C58H43N3S. The van der Waals surface area contributed by atoms with E-state index in [4.69, 9.17) is 4.99 Å². The van der Waals surface area contributed by atoms with Crippen molar-refractivity contribution in [3.8, 4) is 16.8 Å². The van der Waals surface area contributed by atoms with Crippen LogP contribution < -0.4 is 0 Å². The summed E-state index contributed by atoms with van der Waals surface area (Å²) < 4.78 is 5.09. The Morgan fingerprint density at radius 3 is 1.77 bits per heavy atom. The van der Waals surface area contributed by atoms with Gasteiger partial charge >= 0.3 is 0 Å². The summed E-state index contributed by atoms with van der Waals surface area (Å²) in [5, 5.41) is 7.75. The minimum atomic E-state index is 0.527. The maximum absolute atomic E-state index is 5.15. The van der Waals surface area contributed by atoms with Crippen LogP contribution in [0.5, 0.6) is 0 Å². The van der Waals surface area contributed by atoms with Gasteiger partial charge in [-0.1, -0.05) is 188 Å². The fourth-order valence-electron chi connectivity index (χ4n) is 8.51. The predicted octanol–water partition coefficient (Wildman–Crippen LogP) is 15.7. The van der Waals surface area contributed by atoms with Crippen molar-refractivity contribution in [2.45, 2.75) is 13.5 Å². The van der Waals surface area contributed by atoms with Crippen molar-refractivity contribution in [1.82, 2.24) is 4.57 Å². The Balaban J connectivity index is 0.000000598. The number of rotatable bonds is 8. The van der Waals surface area contributed by atoms with Crippen LogP contribution in [0.1, 0.15) is 22.3 Å². The quantitative estimate of drug-likeness (QED) is 0.137. The van der Waals surface area contributed by atoms with Crippen LogP contribution in [0, 0.1) is 6.92 Å². The fraction of sp³-hybridized carbons (Fsp3) is 0.0345. The number of thiophene rings is 1. The van der Waals surface area contributed by atoms with Crippen LogP contribution in [0.25, 0.3) is 75.3 Å². The molecule has 0 atom stereocenters. The summed E-state index contributed by atoms with van der Waals surface area (Å²) >= 11 is 1.89. The van der Waals surface area contributed by atoms with Crippen LogP contribution in [0.3, 0.4) is 0 Å². The van der Waals surface area contributed by atoms with E-state index < -0.39 is 0 Å². The lowest BCUT2D eigenvalue weighted by Gasteiger charge is -2.11. The second-order valence-electron chi connectivity index (χ2n) is 15.4. The van der Waals surface area contributed by atoms with Crippen LogP contribution in [-0.2, 0) is 6.54 Å². The van der Waals surface area contributed by atoms with E-state index in [2.05, 4.69) is 169 Å². The Morgan fingerprint density at radius 1 is 0.548 bits per heavy atom. The number of allylic oxidation sites excluding steroid dienone is 1. The SMILES string of the molecule is C=N/C(=C\C(=NCc1ccc(-n2c3ccc(-c4ccccc4)cc3c3c4ccccc4c4c5ccccc5sc4c32)cc1)c1ccccc1)c1ccccc1.Cc1ccccc1. The predicted molar refractivity (Wildman–Crippen MR) is 268 cm³/mol. The van der Waals surface area contributed by atoms with Gasteiger partial charge in [-0.2, -0.15) is 0 Å². The minimum absolute atomic E-state index is 0.527. The van der Waals surface area contributed by atoms with Crippen molar-refractivity contribution in [1.29, 1.82) is 0 Å². The van der Waals surface area contributed by atoms with Gasteiger partial charge in [0.1, 0.15) is 0 Å². The molecule has 0 spiro atoms. The monoisotopic (exact) mass is 813 g/mol. The van der Waals surface area contributed by atoms with E-state index in [0.29, 0.717) is 6.54 Å². The van der Waals surface area contributed by atoms with E-state index in [9.17, 15) is 0 Å². The lowest BCUT2D eigenvalue weighted by atomic mass is 9.97. The standard InChI is InChI=1S/C51H35N3S.C7H8/c1-52-44(36-17-7-3-8-18-36)32-45(37-19-9-4-10-20-37)53-33-34-25-28-39(29-26-34)54-46-30-27-38(35-15-5-2-6-16-35)31-43(46)48-40-21-11-12-22-41(40)49-42-23-13-14-24-47(42)55-51(49)50(48)54;1-7-5-3-2-4-6-7/h2-32H,1,33H2;2-6H,1H3/b44-32-,53-45?;. The van der Waals surface area contributed by atoms with Crippen molar-refractivity contribution < 1.29 is 0 Å². The molecule has 62 heavy (non-hydrogen) atoms. The molecule has 2 aromatic heterocycles. The van der Waals surface area contributed by atoms with Crippen molar-refractivity contribution in [2.24, 2.45) is 9.98 Å². The van der Waals surface area contributed by atoms with Crippen molar-refractivity contribution in [3.63, 3.8) is 0 Å². The van der Waals surface area contributed by atoms with Crippen LogP contribution in [-0.4, -0.2) is 17.0 Å². The molecule has 0 N–H and O–H groups in total. The Bertz CT molecular complexity index is 3420. The molecule has 0 radical (unpaired) electrons. The zero-order valence-corrected chi connectivity index (χ0v) is 35.3. The molecule has 0 aliphatic carbocycles. The lowest BCUT2D eigenvalue weighted by Crippen LogP contribution is -2.00. The topological polar surface area (TPSA) is 29.6 Å². The van der Waals surface area contributed by atoms with E-state index in [1.807, 2.05) is 84.1 Å². The normalized spacial score (nSPS) is 12.0. The highest BCUT2D eigenvalue weighted by Crippen LogP contribution is 2.48. The summed E-state index contributed by atoms with van der Waals surface area (Å²) in [4.78, 5) is 9.53. The van der Waals surface area contributed by atoms with Gasteiger partial charge in [-0.25, -0.2) is 0 Å². The van der Waals surface area contributed by atoms with Crippen LogP contribution in [0.15, 0.2) is 228 Å². The average molecular weight is 814 g/mol. The zero-order chi connectivity index (χ0) is 41.8.